The van der Waals surface area contributed by atoms with E-state index >= 15 is 0 Å². The van der Waals surface area contributed by atoms with Gasteiger partial charge in [-0.1, -0.05) is 0 Å². The lowest BCUT2D eigenvalue weighted by Crippen LogP contribution is -2.38. The molecule has 1 aliphatic heterocycles. The van der Waals surface area contributed by atoms with Crippen LogP contribution in [-0.4, -0.2) is 37.4 Å². The monoisotopic (exact) mass is 173 g/mol. The zero-order valence-corrected chi connectivity index (χ0v) is 7.30. The fourth-order valence-corrected chi connectivity index (χ4v) is 1.40. The second-order valence-corrected chi connectivity index (χ2v) is 3.09. The number of rotatable bonds is 3. The highest BCUT2D eigenvalue weighted by Crippen LogP contribution is 2.26. The summed E-state index contributed by atoms with van der Waals surface area (Å²) in [7, 11) is 0. The Bertz CT molecular complexity index is 164. The van der Waals surface area contributed by atoms with Crippen molar-refractivity contribution in [2.75, 3.05) is 26.3 Å². The molecule has 0 amide bonds. The highest BCUT2D eigenvalue weighted by molar-refractivity contribution is 5.77. The van der Waals surface area contributed by atoms with Gasteiger partial charge in [-0.15, -0.1) is 0 Å². The van der Waals surface area contributed by atoms with E-state index in [1.54, 1.807) is 6.92 Å². The first kappa shape index (κ1) is 9.48. The SMILES string of the molecule is CCOC(=O)[C@@]1(CO)CCNC1. The molecule has 1 aliphatic rings. The molecule has 70 valence electrons. The third kappa shape index (κ3) is 1.59. The predicted octanol–water partition coefficient (Wildman–Crippen LogP) is -0.478. The van der Waals surface area contributed by atoms with Crippen LogP contribution < -0.4 is 5.32 Å². The summed E-state index contributed by atoms with van der Waals surface area (Å²) in [6.45, 7) is 3.33. The van der Waals surface area contributed by atoms with Gasteiger partial charge in [-0.3, -0.25) is 4.79 Å². The lowest BCUT2D eigenvalue weighted by Gasteiger charge is -2.22. The van der Waals surface area contributed by atoms with Crippen LogP contribution in [0.2, 0.25) is 0 Å². The number of ether oxygens (including phenoxy) is 1. The largest absolute Gasteiger partial charge is 0.465 e. The molecule has 2 N–H and O–H groups in total. The molecule has 0 aromatic rings. The Hall–Kier alpha value is -0.610. The Morgan fingerprint density at radius 2 is 2.50 bits per heavy atom. The average molecular weight is 173 g/mol. The van der Waals surface area contributed by atoms with Crippen molar-refractivity contribution < 1.29 is 14.6 Å². The molecule has 1 heterocycles. The molecule has 0 aromatic heterocycles. The zero-order chi connectivity index (χ0) is 9.03. The molecular weight excluding hydrogens is 158 g/mol. The molecule has 0 saturated carbocycles. The number of carbonyl (C=O) groups is 1. The van der Waals surface area contributed by atoms with E-state index in [4.69, 9.17) is 9.84 Å². The van der Waals surface area contributed by atoms with Crippen LogP contribution in [0, 0.1) is 5.41 Å². The lowest BCUT2D eigenvalue weighted by molar-refractivity contribution is -0.156. The maximum atomic E-state index is 11.4. The Labute approximate surface area is 71.9 Å². The number of hydrogen-bond donors (Lipinski definition) is 2. The van der Waals surface area contributed by atoms with E-state index < -0.39 is 5.41 Å². The molecule has 0 bridgehead atoms. The van der Waals surface area contributed by atoms with Gasteiger partial charge < -0.3 is 15.2 Å². The highest BCUT2D eigenvalue weighted by atomic mass is 16.5. The zero-order valence-electron chi connectivity index (χ0n) is 7.30. The molecule has 4 heteroatoms. The van der Waals surface area contributed by atoms with Gasteiger partial charge in [0.05, 0.1) is 13.2 Å². The van der Waals surface area contributed by atoms with E-state index in [0.29, 0.717) is 19.6 Å². The summed E-state index contributed by atoms with van der Waals surface area (Å²) in [5.74, 6) is -0.280. The Morgan fingerprint density at radius 3 is 2.92 bits per heavy atom. The number of aliphatic hydroxyl groups is 1. The van der Waals surface area contributed by atoms with Crippen molar-refractivity contribution in [3.63, 3.8) is 0 Å². The number of aliphatic hydroxyl groups excluding tert-OH is 1. The van der Waals surface area contributed by atoms with Crippen LogP contribution >= 0.6 is 0 Å². The Kier molecular flexibility index (Phi) is 3.05. The fraction of sp³-hybridized carbons (Fsp3) is 0.875. The number of esters is 1. The van der Waals surface area contributed by atoms with Gasteiger partial charge in [-0.05, 0) is 19.9 Å². The number of carbonyl (C=O) groups excluding carboxylic acids is 1. The summed E-state index contributed by atoms with van der Waals surface area (Å²) in [6.07, 6.45) is 0.669. The van der Waals surface area contributed by atoms with Gasteiger partial charge in [0.2, 0.25) is 0 Å². The van der Waals surface area contributed by atoms with Crippen LogP contribution in [0.15, 0.2) is 0 Å². The standard InChI is InChI=1S/C8H15NO3/c1-2-12-7(11)8(6-10)3-4-9-5-8/h9-10H,2-6H2,1H3/t8-/m0/s1. The molecule has 4 nitrogen and oxygen atoms in total. The first-order chi connectivity index (χ1) is 5.75. The van der Waals surface area contributed by atoms with Gasteiger partial charge in [-0.2, -0.15) is 0 Å². The van der Waals surface area contributed by atoms with Gasteiger partial charge in [-0.25, -0.2) is 0 Å². The van der Waals surface area contributed by atoms with Gasteiger partial charge >= 0.3 is 5.97 Å². The maximum Gasteiger partial charge on any atom is 0.315 e. The van der Waals surface area contributed by atoms with Crippen molar-refractivity contribution in [2.24, 2.45) is 5.41 Å². The smallest absolute Gasteiger partial charge is 0.315 e. The summed E-state index contributed by atoms with van der Waals surface area (Å²) >= 11 is 0. The Morgan fingerprint density at radius 1 is 1.75 bits per heavy atom. The van der Waals surface area contributed by atoms with Crippen LogP contribution in [0.4, 0.5) is 0 Å². The lowest BCUT2D eigenvalue weighted by atomic mass is 9.88. The van der Waals surface area contributed by atoms with E-state index in [1.807, 2.05) is 0 Å². The molecule has 0 spiro atoms. The van der Waals surface area contributed by atoms with Crippen molar-refractivity contribution in [3.05, 3.63) is 0 Å². The summed E-state index contributed by atoms with van der Waals surface area (Å²) in [5.41, 5.74) is -0.671. The quantitative estimate of drug-likeness (QED) is 0.566. The third-order valence-corrected chi connectivity index (χ3v) is 2.25. The molecule has 0 aliphatic carbocycles. The second kappa shape index (κ2) is 3.87. The first-order valence-corrected chi connectivity index (χ1v) is 4.24. The van der Waals surface area contributed by atoms with Crippen LogP contribution in [0.3, 0.4) is 0 Å². The van der Waals surface area contributed by atoms with Crippen molar-refractivity contribution >= 4 is 5.97 Å². The predicted molar refractivity (Wildman–Crippen MR) is 43.6 cm³/mol. The topological polar surface area (TPSA) is 58.6 Å². The maximum absolute atomic E-state index is 11.4. The van der Waals surface area contributed by atoms with E-state index in [1.165, 1.54) is 0 Å². The molecule has 1 atom stereocenters. The third-order valence-electron chi connectivity index (χ3n) is 2.25. The average Bonchev–Trinajstić information content (AvgIpc) is 2.54. The molecule has 0 unspecified atom stereocenters. The first-order valence-electron chi connectivity index (χ1n) is 4.24. The molecule has 0 aromatic carbocycles. The van der Waals surface area contributed by atoms with E-state index in [2.05, 4.69) is 5.32 Å². The van der Waals surface area contributed by atoms with E-state index in [-0.39, 0.29) is 12.6 Å². The summed E-state index contributed by atoms with van der Waals surface area (Å²) < 4.78 is 4.88. The van der Waals surface area contributed by atoms with Crippen LogP contribution in [0.1, 0.15) is 13.3 Å². The summed E-state index contributed by atoms with van der Waals surface area (Å²) in [5, 5.41) is 12.1. The van der Waals surface area contributed by atoms with Crippen molar-refractivity contribution in [1.29, 1.82) is 0 Å². The van der Waals surface area contributed by atoms with Crippen molar-refractivity contribution in [1.82, 2.24) is 5.32 Å². The van der Waals surface area contributed by atoms with Crippen LogP contribution in [0.5, 0.6) is 0 Å². The van der Waals surface area contributed by atoms with Crippen LogP contribution in [0.25, 0.3) is 0 Å². The van der Waals surface area contributed by atoms with Crippen molar-refractivity contribution in [3.8, 4) is 0 Å². The molecule has 12 heavy (non-hydrogen) atoms. The molecular formula is C8H15NO3. The minimum Gasteiger partial charge on any atom is -0.465 e. The fourth-order valence-electron chi connectivity index (χ4n) is 1.40. The highest BCUT2D eigenvalue weighted by Gasteiger charge is 2.41. The van der Waals surface area contributed by atoms with Crippen molar-refractivity contribution in [2.45, 2.75) is 13.3 Å². The van der Waals surface area contributed by atoms with Gasteiger partial charge in [0.1, 0.15) is 5.41 Å². The van der Waals surface area contributed by atoms with Gasteiger partial charge in [0.25, 0.3) is 0 Å². The normalized spacial score (nSPS) is 28.8. The molecule has 1 rings (SSSR count). The number of hydrogen-bond acceptors (Lipinski definition) is 4. The van der Waals surface area contributed by atoms with Gasteiger partial charge in [0.15, 0.2) is 0 Å². The minimum atomic E-state index is -0.671. The van der Waals surface area contributed by atoms with Crippen LogP contribution in [-0.2, 0) is 9.53 Å². The van der Waals surface area contributed by atoms with E-state index in [0.717, 1.165) is 6.54 Å². The Balaban J connectivity index is 2.59. The molecule has 0 radical (unpaired) electrons. The summed E-state index contributed by atoms with van der Waals surface area (Å²) in [6, 6.07) is 0. The van der Waals surface area contributed by atoms with E-state index in [9.17, 15) is 4.79 Å². The summed E-state index contributed by atoms with van der Waals surface area (Å²) in [4.78, 5) is 11.4. The molecule has 1 fully saturated rings. The number of nitrogens with one attached hydrogen (secondary N) is 1. The van der Waals surface area contributed by atoms with Gasteiger partial charge in [0, 0.05) is 6.54 Å². The second-order valence-electron chi connectivity index (χ2n) is 3.09. The molecule has 1 saturated heterocycles. The minimum absolute atomic E-state index is 0.126.